The first-order valence-corrected chi connectivity index (χ1v) is 8.44. The lowest BCUT2D eigenvalue weighted by molar-refractivity contribution is 0.404. The monoisotopic (exact) mass is 346 g/mol. The minimum absolute atomic E-state index is 0.221. The fourth-order valence-electron chi connectivity index (χ4n) is 3.01. The van der Waals surface area contributed by atoms with Gasteiger partial charge in [0.25, 0.3) is 0 Å². The Morgan fingerprint density at radius 2 is 1.96 bits per heavy atom. The van der Waals surface area contributed by atoms with Crippen LogP contribution in [0.2, 0.25) is 5.02 Å². The van der Waals surface area contributed by atoms with Crippen molar-refractivity contribution in [1.29, 1.82) is 0 Å². The van der Waals surface area contributed by atoms with E-state index in [1.54, 1.807) is 7.11 Å². The standard InChI is InChI=1S/C18H19ClN2OS/c1-22-17-11-5-4-9-15(17)20-18(23)21-12-6-10-16(21)13-7-2-3-8-14(13)19/h2-5,7-9,11,16H,6,10,12H2,1H3,(H,20,23). The maximum Gasteiger partial charge on any atom is 0.174 e. The van der Waals surface area contributed by atoms with E-state index in [2.05, 4.69) is 16.3 Å². The van der Waals surface area contributed by atoms with Gasteiger partial charge in [0, 0.05) is 11.6 Å². The largest absolute Gasteiger partial charge is 0.495 e. The van der Waals surface area contributed by atoms with Gasteiger partial charge < -0.3 is 15.0 Å². The van der Waals surface area contributed by atoms with Crippen LogP contribution in [0, 0.1) is 0 Å². The second kappa shape index (κ2) is 7.20. The van der Waals surface area contributed by atoms with Crippen molar-refractivity contribution in [3.63, 3.8) is 0 Å². The molecule has 120 valence electrons. The van der Waals surface area contributed by atoms with Crippen LogP contribution in [0.5, 0.6) is 5.75 Å². The highest BCUT2D eigenvalue weighted by Gasteiger charge is 2.29. The normalized spacial score (nSPS) is 17.1. The maximum atomic E-state index is 6.37. The molecule has 1 unspecified atom stereocenters. The molecule has 2 aromatic rings. The Labute approximate surface area is 147 Å². The molecule has 1 aliphatic heterocycles. The molecule has 0 amide bonds. The maximum absolute atomic E-state index is 6.37. The predicted octanol–water partition coefficient (Wildman–Crippen LogP) is 4.88. The quantitative estimate of drug-likeness (QED) is 0.800. The fourth-order valence-corrected chi connectivity index (χ4v) is 3.60. The Hall–Kier alpha value is -1.78. The Morgan fingerprint density at radius 1 is 1.22 bits per heavy atom. The lowest BCUT2D eigenvalue weighted by Crippen LogP contribution is -2.34. The molecule has 5 heteroatoms. The number of para-hydroxylation sites is 2. The second-order valence-electron chi connectivity index (χ2n) is 5.50. The third-order valence-corrected chi connectivity index (χ3v) is 4.81. The van der Waals surface area contributed by atoms with E-state index in [1.807, 2.05) is 42.5 Å². The topological polar surface area (TPSA) is 24.5 Å². The van der Waals surface area contributed by atoms with Crippen LogP contribution in [-0.4, -0.2) is 23.7 Å². The summed E-state index contributed by atoms with van der Waals surface area (Å²) in [6.45, 7) is 0.927. The highest BCUT2D eigenvalue weighted by atomic mass is 35.5. The fraction of sp³-hybridized carbons (Fsp3) is 0.278. The minimum Gasteiger partial charge on any atom is -0.495 e. The molecule has 3 rings (SSSR count). The van der Waals surface area contributed by atoms with Crippen molar-refractivity contribution in [2.24, 2.45) is 0 Å². The summed E-state index contributed by atoms with van der Waals surface area (Å²) in [5.41, 5.74) is 2.01. The number of halogens is 1. The molecule has 1 saturated heterocycles. The average molecular weight is 347 g/mol. The predicted molar refractivity (Wildman–Crippen MR) is 99.3 cm³/mol. The Bertz CT molecular complexity index is 707. The Balaban J connectivity index is 1.80. The summed E-state index contributed by atoms with van der Waals surface area (Å²) < 4.78 is 5.38. The van der Waals surface area contributed by atoms with E-state index < -0.39 is 0 Å². The van der Waals surface area contributed by atoms with Crippen LogP contribution in [0.3, 0.4) is 0 Å². The molecule has 1 aliphatic rings. The van der Waals surface area contributed by atoms with Gasteiger partial charge in [-0.25, -0.2) is 0 Å². The van der Waals surface area contributed by atoms with Gasteiger partial charge in [-0.3, -0.25) is 0 Å². The number of anilines is 1. The van der Waals surface area contributed by atoms with Gasteiger partial charge in [0.05, 0.1) is 18.8 Å². The van der Waals surface area contributed by atoms with Gasteiger partial charge in [-0.15, -0.1) is 0 Å². The first kappa shape index (κ1) is 16.1. The summed E-state index contributed by atoms with van der Waals surface area (Å²) >= 11 is 12.0. The number of nitrogens with one attached hydrogen (secondary N) is 1. The van der Waals surface area contributed by atoms with E-state index in [0.29, 0.717) is 5.11 Å². The van der Waals surface area contributed by atoms with Gasteiger partial charge in [-0.05, 0) is 48.8 Å². The molecule has 1 heterocycles. The summed E-state index contributed by atoms with van der Waals surface area (Å²) in [6.07, 6.45) is 2.15. The van der Waals surface area contributed by atoms with Gasteiger partial charge in [0.15, 0.2) is 5.11 Å². The van der Waals surface area contributed by atoms with Crippen molar-refractivity contribution in [2.45, 2.75) is 18.9 Å². The third-order valence-electron chi connectivity index (χ3n) is 4.13. The van der Waals surface area contributed by atoms with Crippen LogP contribution in [0.25, 0.3) is 0 Å². The SMILES string of the molecule is COc1ccccc1NC(=S)N1CCCC1c1ccccc1Cl. The first-order valence-electron chi connectivity index (χ1n) is 7.66. The zero-order valence-electron chi connectivity index (χ0n) is 13.0. The van der Waals surface area contributed by atoms with Gasteiger partial charge in [0.1, 0.15) is 5.75 Å². The van der Waals surface area contributed by atoms with Gasteiger partial charge >= 0.3 is 0 Å². The molecule has 0 radical (unpaired) electrons. The van der Waals surface area contributed by atoms with E-state index in [-0.39, 0.29) is 6.04 Å². The number of likely N-dealkylation sites (tertiary alicyclic amines) is 1. The van der Waals surface area contributed by atoms with E-state index in [1.165, 1.54) is 0 Å². The number of rotatable bonds is 3. The summed E-state index contributed by atoms with van der Waals surface area (Å²) in [6, 6.07) is 16.0. The number of nitrogens with zero attached hydrogens (tertiary/aromatic N) is 1. The molecule has 1 atom stereocenters. The summed E-state index contributed by atoms with van der Waals surface area (Å²) in [5.74, 6) is 0.781. The Morgan fingerprint density at radius 3 is 2.74 bits per heavy atom. The van der Waals surface area contributed by atoms with Crippen molar-refractivity contribution in [2.75, 3.05) is 19.0 Å². The number of ether oxygens (including phenoxy) is 1. The van der Waals surface area contributed by atoms with Crippen LogP contribution in [-0.2, 0) is 0 Å². The Kier molecular flexibility index (Phi) is 5.03. The summed E-state index contributed by atoms with van der Waals surface area (Å²) in [4.78, 5) is 2.21. The highest BCUT2D eigenvalue weighted by Crippen LogP contribution is 2.36. The van der Waals surface area contributed by atoms with Crippen molar-refractivity contribution in [1.82, 2.24) is 4.90 Å². The zero-order valence-corrected chi connectivity index (χ0v) is 14.5. The van der Waals surface area contributed by atoms with Crippen LogP contribution in [0.4, 0.5) is 5.69 Å². The molecular formula is C18H19ClN2OS. The van der Waals surface area contributed by atoms with Gasteiger partial charge in [-0.1, -0.05) is 41.9 Å². The average Bonchev–Trinajstić information content (AvgIpc) is 3.05. The number of methoxy groups -OCH3 is 1. The number of benzene rings is 2. The molecular weight excluding hydrogens is 328 g/mol. The molecule has 0 spiro atoms. The summed E-state index contributed by atoms with van der Waals surface area (Å²) in [7, 11) is 1.66. The number of hydrogen-bond acceptors (Lipinski definition) is 2. The molecule has 1 N–H and O–H groups in total. The lowest BCUT2D eigenvalue weighted by atomic mass is 10.0. The van der Waals surface area contributed by atoms with E-state index in [4.69, 9.17) is 28.6 Å². The molecule has 0 aliphatic carbocycles. The molecule has 2 aromatic carbocycles. The third kappa shape index (κ3) is 3.43. The van der Waals surface area contributed by atoms with Crippen LogP contribution in [0.15, 0.2) is 48.5 Å². The lowest BCUT2D eigenvalue weighted by Gasteiger charge is -2.28. The summed E-state index contributed by atoms with van der Waals surface area (Å²) in [5, 5.41) is 4.81. The van der Waals surface area contributed by atoms with Crippen molar-refractivity contribution >= 4 is 34.6 Å². The zero-order chi connectivity index (χ0) is 16.2. The van der Waals surface area contributed by atoms with E-state index in [0.717, 1.165) is 41.4 Å². The van der Waals surface area contributed by atoms with Crippen LogP contribution >= 0.6 is 23.8 Å². The van der Waals surface area contributed by atoms with E-state index >= 15 is 0 Å². The smallest absolute Gasteiger partial charge is 0.174 e. The molecule has 23 heavy (non-hydrogen) atoms. The first-order chi connectivity index (χ1) is 11.2. The molecule has 0 aromatic heterocycles. The molecule has 3 nitrogen and oxygen atoms in total. The van der Waals surface area contributed by atoms with Crippen LogP contribution in [0.1, 0.15) is 24.4 Å². The number of hydrogen-bond donors (Lipinski definition) is 1. The minimum atomic E-state index is 0.221. The van der Waals surface area contributed by atoms with Crippen LogP contribution < -0.4 is 10.1 Å². The van der Waals surface area contributed by atoms with Crippen molar-refractivity contribution in [3.05, 3.63) is 59.1 Å². The van der Waals surface area contributed by atoms with Gasteiger partial charge in [0.2, 0.25) is 0 Å². The van der Waals surface area contributed by atoms with Crippen molar-refractivity contribution < 1.29 is 4.74 Å². The molecule has 1 fully saturated rings. The second-order valence-corrected chi connectivity index (χ2v) is 6.30. The molecule has 0 bridgehead atoms. The van der Waals surface area contributed by atoms with Gasteiger partial charge in [-0.2, -0.15) is 0 Å². The van der Waals surface area contributed by atoms with E-state index in [9.17, 15) is 0 Å². The number of thiocarbonyl (C=S) groups is 1. The highest BCUT2D eigenvalue weighted by molar-refractivity contribution is 7.80. The van der Waals surface area contributed by atoms with Crippen molar-refractivity contribution in [3.8, 4) is 5.75 Å². The molecule has 0 saturated carbocycles.